The molecule has 19 heavy (non-hydrogen) atoms. The fourth-order valence-corrected chi connectivity index (χ4v) is 2.49. The molecule has 6 heteroatoms. The summed E-state index contributed by atoms with van der Waals surface area (Å²) in [5, 5.41) is 14.9. The van der Waals surface area contributed by atoms with Gasteiger partial charge in [-0.25, -0.2) is 9.67 Å². The molecular formula is C13H12N4OS. The van der Waals surface area contributed by atoms with Gasteiger partial charge >= 0.3 is 0 Å². The molecule has 0 fully saturated rings. The second kappa shape index (κ2) is 4.83. The summed E-state index contributed by atoms with van der Waals surface area (Å²) in [6.45, 7) is 0. The number of nitrogens with two attached hydrogens (primary N) is 1. The van der Waals surface area contributed by atoms with Crippen LogP contribution in [0, 0.1) is 0 Å². The molecule has 0 aliphatic carbocycles. The minimum absolute atomic E-state index is 0.449. The van der Waals surface area contributed by atoms with Crippen molar-refractivity contribution < 1.29 is 5.11 Å². The van der Waals surface area contributed by atoms with Crippen molar-refractivity contribution in [3.05, 3.63) is 59.4 Å². The first-order valence-corrected chi connectivity index (χ1v) is 6.55. The fourth-order valence-electron chi connectivity index (χ4n) is 1.79. The van der Waals surface area contributed by atoms with Crippen molar-refractivity contribution in [1.29, 1.82) is 0 Å². The number of anilines is 1. The maximum absolute atomic E-state index is 10.2. The predicted molar refractivity (Wildman–Crippen MR) is 74.2 cm³/mol. The highest BCUT2D eigenvalue weighted by Gasteiger charge is 2.15. The van der Waals surface area contributed by atoms with E-state index in [4.69, 9.17) is 5.73 Å². The third-order valence-corrected chi connectivity index (χ3v) is 3.63. The zero-order chi connectivity index (χ0) is 13.2. The van der Waals surface area contributed by atoms with E-state index in [1.165, 1.54) is 11.3 Å². The molecule has 0 saturated heterocycles. The van der Waals surface area contributed by atoms with Gasteiger partial charge in [-0.3, -0.25) is 0 Å². The van der Waals surface area contributed by atoms with Gasteiger partial charge in [0.15, 0.2) is 5.13 Å². The van der Waals surface area contributed by atoms with Gasteiger partial charge in [0, 0.05) is 18.0 Å². The maximum Gasteiger partial charge on any atom is 0.180 e. The zero-order valence-electron chi connectivity index (χ0n) is 9.97. The van der Waals surface area contributed by atoms with Crippen LogP contribution >= 0.6 is 11.3 Å². The van der Waals surface area contributed by atoms with Gasteiger partial charge in [0.2, 0.25) is 0 Å². The van der Waals surface area contributed by atoms with Gasteiger partial charge in [-0.15, -0.1) is 0 Å². The van der Waals surface area contributed by atoms with Crippen LogP contribution in [-0.2, 0) is 0 Å². The summed E-state index contributed by atoms with van der Waals surface area (Å²) in [5.74, 6) is 0. The smallest absolute Gasteiger partial charge is 0.180 e. The molecule has 0 spiro atoms. The third-order valence-electron chi connectivity index (χ3n) is 2.75. The molecule has 2 aromatic heterocycles. The fraction of sp³-hybridized carbons (Fsp3) is 0.0769. The first kappa shape index (κ1) is 11.9. The number of nitrogens with zero attached hydrogens (tertiary/aromatic N) is 3. The second-order valence-corrected chi connectivity index (χ2v) is 5.15. The molecule has 3 N–H and O–H groups in total. The van der Waals surface area contributed by atoms with Crippen molar-refractivity contribution in [2.24, 2.45) is 0 Å². The number of nitrogen functional groups attached to an aromatic ring is 1. The van der Waals surface area contributed by atoms with E-state index in [-0.39, 0.29) is 0 Å². The van der Waals surface area contributed by atoms with Gasteiger partial charge in [-0.05, 0) is 12.1 Å². The Kier molecular flexibility index (Phi) is 3.02. The molecule has 3 aromatic rings. The molecule has 0 saturated carbocycles. The molecule has 0 aliphatic heterocycles. The third kappa shape index (κ3) is 2.35. The van der Waals surface area contributed by atoms with Crippen LogP contribution < -0.4 is 5.73 Å². The lowest BCUT2D eigenvalue weighted by Crippen LogP contribution is -1.96. The van der Waals surface area contributed by atoms with Gasteiger partial charge in [0.05, 0.1) is 16.8 Å². The van der Waals surface area contributed by atoms with Crippen molar-refractivity contribution in [3.8, 4) is 5.69 Å². The molecule has 0 aliphatic rings. The molecule has 5 nitrogen and oxygen atoms in total. The van der Waals surface area contributed by atoms with E-state index in [2.05, 4.69) is 10.1 Å². The number of benzene rings is 1. The average molecular weight is 272 g/mol. The number of aliphatic hydroxyl groups excluding tert-OH is 1. The molecule has 3 rings (SSSR count). The Bertz CT molecular complexity index is 677. The Morgan fingerprint density at radius 3 is 2.68 bits per heavy atom. The van der Waals surface area contributed by atoms with Crippen LogP contribution in [0.1, 0.15) is 16.5 Å². The lowest BCUT2D eigenvalue weighted by molar-refractivity contribution is 0.224. The van der Waals surface area contributed by atoms with Gasteiger partial charge in [0.25, 0.3) is 0 Å². The molecule has 0 amide bonds. The van der Waals surface area contributed by atoms with Crippen molar-refractivity contribution in [1.82, 2.24) is 14.8 Å². The largest absolute Gasteiger partial charge is 0.383 e. The van der Waals surface area contributed by atoms with Crippen LogP contribution in [0.3, 0.4) is 0 Å². The van der Waals surface area contributed by atoms with Gasteiger partial charge in [-0.1, -0.05) is 29.5 Å². The first-order valence-electron chi connectivity index (χ1n) is 5.73. The highest BCUT2D eigenvalue weighted by molar-refractivity contribution is 7.15. The monoisotopic (exact) mass is 272 g/mol. The minimum Gasteiger partial charge on any atom is -0.383 e. The van der Waals surface area contributed by atoms with Crippen molar-refractivity contribution in [2.75, 3.05) is 5.73 Å². The van der Waals surface area contributed by atoms with E-state index < -0.39 is 6.10 Å². The summed E-state index contributed by atoms with van der Waals surface area (Å²) < 4.78 is 1.73. The van der Waals surface area contributed by atoms with Crippen molar-refractivity contribution in [2.45, 2.75) is 6.10 Å². The van der Waals surface area contributed by atoms with Crippen molar-refractivity contribution >= 4 is 16.5 Å². The quantitative estimate of drug-likeness (QED) is 0.764. The van der Waals surface area contributed by atoms with Crippen LogP contribution in [0.2, 0.25) is 0 Å². The number of hydrogen-bond donors (Lipinski definition) is 2. The van der Waals surface area contributed by atoms with Crippen LogP contribution in [0.25, 0.3) is 5.69 Å². The number of aliphatic hydroxyl groups is 1. The summed E-state index contributed by atoms with van der Waals surface area (Å²) in [6.07, 6.45) is 4.29. The Labute approximate surface area is 114 Å². The Balaban J connectivity index is 1.89. The summed E-state index contributed by atoms with van der Waals surface area (Å²) >= 11 is 1.28. The van der Waals surface area contributed by atoms with E-state index in [9.17, 15) is 5.11 Å². The minimum atomic E-state index is -0.743. The summed E-state index contributed by atoms with van der Waals surface area (Å²) in [7, 11) is 0. The highest BCUT2D eigenvalue weighted by Crippen LogP contribution is 2.27. The topological polar surface area (TPSA) is 77.0 Å². The van der Waals surface area contributed by atoms with E-state index >= 15 is 0 Å². The van der Waals surface area contributed by atoms with Crippen LogP contribution in [-0.4, -0.2) is 19.9 Å². The zero-order valence-corrected chi connectivity index (χ0v) is 10.8. The molecule has 1 unspecified atom stereocenters. The van der Waals surface area contributed by atoms with Crippen LogP contribution in [0.5, 0.6) is 0 Å². The molecule has 96 valence electrons. The SMILES string of the molecule is Nc1ncc(C(O)c2cnn(-c3ccccc3)c2)s1. The predicted octanol–water partition coefficient (Wildman–Crippen LogP) is 1.99. The summed E-state index contributed by atoms with van der Waals surface area (Å²) in [4.78, 5) is 4.65. The lowest BCUT2D eigenvalue weighted by atomic mass is 10.2. The number of para-hydroxylation sites is 1. The Morgan fingerprint density at radius 2 is 2.00 bits per heavy atom. The number of hydrogen-bond acceptors (Lipinski definition) is 5. The molecule has 0 radical (unpaired) electrons. The van der Waals surface area contributed by atoms with Gasteiger partial charge in [0.1, 0.15) is 6.10 Å². The normalized spacial score (nSPS) is 12.5. The summed E-state index contributed by atoms with van der Waals surface area (Å²) in [6, 6.07) is 9.73. The number of aromatic nitrogens is 3. The van der Waals surface area contributed by atoms with Crippen LogP contribution in [0.4, 0.5) is 5.13 Å². The van der Waals surface area contributed by atoms with E-state index in [1.54, 1.807) is 23.3 Å². The van der Waals surface area contributed by atoms with Gasteiger partial charge < -0.3 is 10.8 Å². The Hall–Kier alpha value is -2.18. The highest BCUT2D eigenvalue weighted by atomic mass is 32.1. The average Bonchev–Trinajstić information content (AvgIpc) is 3.08. The molecular weight excluding hydrogens is 260 g/mol. The molecule has 1 atom stereocenters. The molecule has 2 heterocycles. The molecule has 0 bridgehead atoms. The number of thiazole rings is 1. The van der Waals surface area contributed by atoms with Gasteiger partial charge in [-0.2, -0.15) is 5.10 Å². The van der Waals surface area contributed by atoms with E-state index in [0.717, 1.165) is 5.69 Å². The lowest BCUT2D eigenvalue weighted by Gasteiger charge is -2.04. The summed E-state index contributed by atoms with van der Waals surface area (Å²) in [5.41, 5.74) is 7.23. The van der Waals surface area contributed by atoms with E-state index in [1.807, 2.05) is 30.3 Å². The first-order chi connectivity index (χ1) is 9.24. The van der Waals surface area contributed by atoms with Crippen molar-refractivity contribution in [3.63, 3.8) is 0 Å². The molecule has 1 aromatic carbocycles. The standard InChI is InChI=1S/C13H12N4OS/c14-13-15-7-11(19-13)12(18)9-6-16-17(8-9)10-4-2-1-3-5-10/h1-8,12,18H,(H2,14,15). The van der Waals surface area contributed by atoms with Crippen LogP contribution in [0.15, 0.2) is 48.9 Å². The Morgan fingerprint density at radius 1 is 1.21 bits per heavy atom. The van der Waals surface area contributed by atoms with E-state index in [0.29, 0.717) is 15.6 Å². The number of rotatable bonds is 3. The second-order valence-electron chi connectivity index (χ2n) is 4.06. The maximum atomic E-state index is 10.2.